The highest BCUT2D eigenvalue weighted by Gasteiger charge is 2.37. The number of hydrogen-bond acceptors (Lipinski definition) is 2. The molecule has 0 saturated carbocycles. The molecule has 17 heavy (non-hydrogen) atoms. The molecule has 0 N–H and O–H groups in total. The predicted molar refractivity (Wildman–Crippen MR) is 67.6 cm³/mol. The number of likely N-dealkylation sites (N-methyl/N-ethyl adjacent to an activating group) is 1. The lowest BCUT2D eigenvalue weighted by molar-refractivity contribution is -0.122. The van der Waals surface area contributed by atoms with Gasteiger partial charge >= 0.3 is 0 Å². The summed E-state index contributed by atoms with van der Waals surface area (Å²) in [6.45, 7) is 0. The van der Waals surface area contributed by atoms with Crippen molar-refractivity contribution in [3.63, 3.8) is 0 Å². The molecule has 0 unspecified atom stereocenters. The van der Waals surface area contributed by atoms with Gasteiger partial charge in [-0.05, 0) is 30.4 Å². The van der Waals surface area contributed by atoms with Gasteiger partial charge in [-0.1, -0.05) is 30.3 Å². The van der Waals surface area contributed by atoms with E-state index in [1.807, 2.05) is 6.07 Å². The number of rotatable bonds is 2. The third-order valence-electron chi connectivity index (χ3n) is 3.98. The Kier molecular flexibility index (Phi) is 2.50. The van der Waals surface area contributed by atoms with Gasteiger partial charge in [0.25, 0.3) is 0 Å². The number of fused-ring (bicyclic) bond motifs is 2. The molecular formula is C15H17NO. The largest absolute Gasteiger partial charge is 0.368 e. The maximum Gasteiger partial charge on any atom is 0.159 e. The second-order valence-corrected chi connectivity index (χ2v) is 5.02. The molecule has 2 heteroatoms. The summed E-state index contributed by atoms with van der Waals surface area (Å²) in [5, 5.41) is 0. The lowest BCUT2D eigenvalue weighted by atomic mass is 9.95. The Morgan fingerprint density at radius 2 is 2.06 bits per heavy atom. The van der Waals surface area contributed by atoms with Gasteiger partial charge in [-0.2, -0.15) is 0 Å². The van der Waals surface area contributed by atoms with Crippen molar-refractivity contribution in [1.82, 2.24) is 4.90 Å². The first kappa shape index (κ1) is 10.6. The molecule has 0 radical (unpaired) electrons. The predicted octanol–water partition coefficient (Wildman–Crippen LogP) is 2.55. The third kappa shape index (κ3) is 1.78. The zero-order chi connectivity index (χ0) is 11.8. The lowest BCUT2D eigenvalue weighted by Crippen LogP contribution is -2.36. The number of carbonyl (C=O) groups is 1. The van der Waals surface area contributed by atoms with E-state index in [9.17, 15) is 4.79 Å². The number of ketones is 1. The Hall–Kier alpha value is -1.57. The molecular weight excluding hydrogens is 210 g/mol. The van der Waals surface area contributed by atoms with Crippen LogP contribution < -0.4 is 0 Å². The second-order valence-electron chi connectivity index (χ2n) is 5.02. The smallest absolute Gasteiger partial charge is 0.159 e. The molecule has 88 valence electrons. The van der Waals surface area contributed by atoms with Gasteiger partial charge in [0, 0.05) is 19.2 Å². The van der Waals surface area contributed by atoms with E-state index in [1.54, 1.807) is 0 Å². The van der Waals surface area contributed by atoms with Crippen LogP contribution in [0.25, 0.3) is 0 Å². The summed E-state index contributed by atoms with van der Waals surface area (Å²) in [5.41, 5.74) is 4.05. The Labute approximate surface area is 102 Å². The van der Waals surface area contributed by atoms with Crippen LogP contribution in [0.1, 0.15) is 24.8 Å². The highest BCUT2D eigenvalue weighted by atomic mass is 16.1. The lowest BCUT2D eigenvalue weighted by Gasteiger charge is -2.29. The van der Waals surface area contributed by atoms with Crippen LogP contribution in [-0.2, 0) is 11.2 Å². The van der Waals surface area contributed by atoms with Crippen LogP contribution in [-0.4, -0.2) is 23.8 Å². The van der Waals surface area contributed by atoms with E-state index < -0.39 is 0 Å². The number of benzene rings is 1. The van der Waals surface area contributed by atoms with Gasteiger partial charge in [0.05, 0.1) is 6.04 Å². The van der Waals surface area contributed by atoms with Crippen LogP contribution in [0.5, 0.6) is 0 Å². The molecule has 1 aromatic carbocycles. The fraction of sp³-hybridized carbons (Fsp3) is 0.400. The maximum absolute atomic E-state index is 12.0. The zero-order valence-electron chi connectivity index (χ0n) is 10.1. The number of nitrogens with zero attached hydrogens (tertiary/aromatic N) is 1. The fourth-order valence-corrected chi connectivity index (χ4v) is 3.07. The highest BCUT2D eigenvalue weighted by Crippen LogP contribution is 2.36. The van der Waals surface area contributed by atoms with E-state index >= 15 is 0 Å². The topological polar surface area (TPSA) is 20.3 Å². The molecule has 3 rings (SSSR count). The summed E-state index contributed by atoms with van der Waals surface area (Å²) in [6, 6.07) is 10.6. The molecule has 1 aromatic rings. The van der Waals surface area contributed by atoms with Gasteiger partial charge in [-0.25, -0.2) is 0 Å². The van der Waals surface area contributed by atoms with Gasteiger partial charge in [0.15, 0.2) is 5.78 Å². The van der Waals surface area contributed by atoms with E-state index in [0.29, 0.717) is 12.2 Å². The van der Waals surface area contributed by atoms with E-state index in [2.05, 4.69) is 36.2 Å². The average Bonchev–Trinajstić information content (AvgIpc) is 2.62. The molecule has 0 spiro atoms. The molecule has 2 heterocycles. The van der Waals surface area contributed by atoms with Crippen molar-refractivity contribution in [3.05, 3.63) is 47.2 Å². The monoisotopic (exact) mass is 227 g/mol. The summed E-state index contributed by atoms with van der Waals surface area (Å²) in [5.74, 6) is 0.402. The number of hydrogen-bond donors (Lipinski definition) is 0. The van der Waals surface area contributed by atoms with Gasteiger partial charge in [0.1, 0.15) is 0 Å². The first-order chi connectivity index (χ1) is 8.25. The minimum atomic E-state index is 0.171. The van der Waals surface area contributed by atoms with Crippen molar-refractivity contribution in [2.24, 2.45) is 0 Å². The summed E-state index contributed by atoms with van der Waals surface area (Å²) < 4.78 is 0. The minimum Gasteiger partial charge on any atom is -0.368 e. The fourth-order valence-electron chi connectivity index (χ4n) is 3.07. The van der Waals surface area contributed by atoms with Crippen molar-refractivity contribution >= 4 is 5.78 Å². The molecule has 2 nitrogen and oxygen atoms in total. The summed E-state index contributed by atoms with van der Waals surface area (Å²) in [7, 11) is 2.06. The maximum atomic E-state index is 12.0. The van der Waals surface area contributed by atoms with E-state index in [4.69, 9.17) is 0 Å². The molecule has 0 aromatic heterocycles. The van der Waals surface area contributed by atoms with Crippen LogP contribution in [0, 0.1) is 0 Å². The van der Waals surface area contributed by atoms with Gasteiger partial charge in [0.2, 0.25) is 0 Å². The quantitative estimate of drug-likeness (QED) is 0.774. The highest BCUT2D eigenvalue weighted by molar-refractivity contribution is 5.88. The SMILES string of the molecule is CN1C2=C(Cc3ccccc3)CC(=O)[C@@H]1CC2. The first-order valence-corrected chi connectivity index (χ1v) is 6.26. The Morgan fingerprint density at radius 3 is 2.82 bits per heavy atom. The van der Waals surface area contributed by atoms with E-state index in [0.717, 1.165) is 19.3 Å². The van der Waals surface area contributed by atoms with E-state index in [1.165, 1.54) is 16.8 Å². The summed E-state index contributed by atoms with van der Waals surface area (Å²) in [4.78, 5) is 14.2. The van der Waals surface area contributed by atoms with Crippen LogP contribution in [0.3, 0.4) is 0 Å². The van der Waals surface area contributed by atoms with Crippen LogP contribution >= 0.6 is 0 Å². The molecule has 2 aliphatic heterocycles. The van der Waals surface area contributed by atoms with Crippen molar-refractivity contribution in [3.8, 4) is 0 Å². The molecule has 0 amide bonds. The molecule has 1 atom stereocenters. The summed E-state index contributed by atoms with van der Waals surface area (Å²) in [6.07, 6.45) is 3.69. The van der Waals surface area contributed by atoms with Gasteiger partial charge in [-0.15, -0.1) is 0 Å². The molecule has 2 aliphatic rings. The minimum absolute atomic E-state index is 0.171. The van der Waals surface area contributed by atoms with Crippen LogP contribution in [0.15, 0.2) is 41.6 Å². The van der Waals surface area contributed by atoms with Crippen molar-refractivity contribution < 1.29 is 4.79 Å². The number of carbonyl (C=O) groups excluding carboxylic acids is 1. The Morgan fingerprint density at radius 1 is 1.29 bits per heavy atom. The second kappa shape index (κ2) is 4.02. The average molecular weight is 227 g/mol. The number of allylic oxidation sites excluding steroid dienone is 2. The molecule has 1 saturated heterocycles. The van der Waals surface area contributed by atoms with Crippen molar-refractivity contribution in [1.29, 1.82) is 0 Å². The Bertz CT molecular complexity index is 475. The molecule has 2 bridgehead atoms. The zero-order valence-corrected chi connectivity index (χ0v) is 10.1. The first-order valence-electron chi connectivity index (χ1n) is 6.26. The van der Waals surface area contributed by atoms with Crippen molar-refractivity contribution in [2.75, 3.05) is 7.05 Å². The Balaban J connectivity index is 1.90. The van der Waals surface area contributed by atoms with Crippen molar-refractivity contribution in [2.45, 2.75) is 31.7 Å². The van der Waals surface area contributed by atoms with Gasteiger partial charge < -0.3 is 4.90 Å². The third-order valence-corrected chi connectivity index (χ3v) is 3.98. The summed E-state index contributed by atoms with van der Waals surface area (Å²) >= 11 is 0. The van der Waals surface area contributed by atoms with Gasteiger partial charge in [-0.3, -0.25) is 4.79 Å². The van der Waals surface area contributed by atoms with Crippen LogP contribution in [0.2, 0.25) is 0 Å². The molecule has 1 fully saturated rings. The van der Waals surface area contributed by atoms with Crippen LogP contribution in [0.4, 0.5) is 0 Å². The molecule has 0 aliphatic carbocycles. The number of Topliss-reactive ketones (excluding diaryl/α,β-unsaturated/α-hetero) is 1. The standard InChI is InChI=1S/C15H17NO/c1-16-13-7-8-14(16)15(17)10-12(13)9-11-5-3-2-4-6-11/h2-6,14H,7-10H2,1H3/t14-/m0/s1. The van der Waals surface area contributed by atoms with E-state index in [-0.39, 0.29) is 6.04 Å². The normalized spacial score (nSPS) is 23.5.